The first-order valence-electron chi connectivity index (χ1n) is 9.43. The van der Waals surface area contributed by atoms with Crippen LogP contribution in [-0.2, 0) is 23.9 Å². The van der Waals surface area contributed by atoms with Gasteiger partial charge in [0.05, 0.1) is 19.8 Å². The fourth-order valence-electron chi connectivity index (χ4n) is 4.48. The van der Waals surface area contributed by atoms with Crippen LogP contribution in [0.5, 0.6) is 0 Å². The van der Waals surface area contributed by atoms with E-state index in [0.717, 1.165) is 21.9 Å². The van der Waals surface area contributed by atoms with Crippen molar-refractivity contribution < 1.29 is 23.9 Å². The van der Waals surface area contributed by atoms with Crippen LogP contribution in [0.25, 0.3) is 10.8 Å². The molecule has 0 bridgehead atoms. The summed E-state index contributed by atoms with van der Waals surface area (Å²) in [6.45, 7) is 0. The minimum absolute atomic E-state index is 0.0407. The first-order valence-corrected chi connectivity index (χ1v) is 9.43. The SMILES string of the molecule is COC(=O)C1(C(=O)OC)CC2=C(C#Cc3cccc4ccccc34)C(=O)CC2C1. The van der Waals surface area contributed by atoms with Crippen LogP contribution in [0.3, 0.4) is 0 Å². The molecule has 1 atom stereocenters. The lowest BCUT2D eigenvalue weighted by molar-refractivity contribution is -0.168. The lowest BCUT2D eigenvalue weighted by atomic mass is 9.83. The highest BCUT2D eigenvalue weighted by Crippen LogP contribution is 2.52. The molecule has 0 amide bonds. The number of methoxy groups -OCH3 is 2. The summed E-state index contributed by atoms with van der Waals surface area (Å²) in [5.74, 6) is 4.69. The summed E-state index contributed by atoms with van der Waals surface area (Å²) in [6.07, 6.45) is 0.583. The summed E-state index contributed by atoms with van der Waals surface area (Å²) in [5.41, 5.74) is 0.616. The van der Waals surface area contributed by atoms with E-state index >= 15 is 0 Å². The maximum Gasteiger partial charge on any atom is 0.323 e. The van der Waals surface area contributed by atoms with Gasteiger partial charge in [0.25, 0.3) is 0 Å². The molecule has 29 heavy (non-hydrogen) atoms. The molecule has 1 fully saturated rings. The Kier molecular flexibility index (Phi) is 4.71. The Labute approximate surface area is 168 Å². The van der Waals surface area contributed by atoms with E-state index in [4.69, 9.17) is 9.47 Å². The molecule has 1 saturated carbocycles. The first kappa shape index (κ1) is 18.9. The van der Waals surface area contributed by atoms with Crippen LogP contribution < -0.4 is 0 Å². The topological polar surface area (TPSA) is 69.7 Å². The third-order valence-electron chi connectivity index (χ3n) is 5.88. The van der Waals surface area contributed by atoms with Gasteiger partial charge in [0.2, 0.25) is 0 Å². The standard InChI is InChI=1S/C24H20O5/c1-28-22(26)24(23(27)29-2)13-17-12-21(25)19(20(17)14-24)11-10-16-8-5-7-15-6-3-4-9-18(15)16/h3-9,17H,12-14H2,1-2H3. The summed E-state index contributed by atoms with van der Waals surface area (Å²) >= 11 is 0. The van der Waals surface area contributed by atoms with Gasteiger partial charge in [-0.1, -0.05) is 48.2 Å². The summed E-state index contributed by atoms with van der Waals surface area (Å²) in [5, 5.41) is 2.09. The first-order chi connectivity index (χ1) is 14.0. The number of ketones is 1. The van der Waals surface area contributed by atoms with Crippen LogP contribution in [0.15, 0.2) is 53.6 Å². The number of rotatable bonds is 2. The molecule has 2 aromatic rings. The van der Waals surface area contributed by atoms with Crippen molar-refractivity contribution in [3.8, 4) is 11.8 Å². The minimum atomic E-state index is -1.39. The second kappa shape index (κ2) is 7.21. The molecule has 2 aliphatic carbocycles. The molecule has 1 unspecified atom stereocenters. The summed E-state index contributed by atoms with van der Waals surface area (Å²) in [6, 6.07) is 13.8. The van der Waals surface area contributed by atoms with Crippen LogP contribution in [0, 0.1) is 23.2 Å². The van der Waals surface area contributed by atoms with Crippen molar-refractivity contribution in [1.29, 1.82) is 0 Å². The average Bonchev–Trinajstić information content (AvgIpc) is 3.25. The zero-order valence-electron chi connectivity index (χ0n) is 16.3. The molecule has 0 N–H and O–H groups in total. The van der Waals surface area contributed by atoms with Gasteiger partial charge in [0.1, 0.15) is 0 Å². The second-order valence-corrected chi connectivity index (χ2v) is 7.45. The molecule has 5 nitrogen and oxygen atoms in total. The van der Waals surface area contributed by atoms with Crippen molar-refractivity contribution in [2.75, 3.05) is 14.2 Å². The Morgan fingerprint density at radius 2 is 1.69 bits per heavy atom. The fourth-order valence-corrected chi connectivity index (χ4v) is 4.48. The summed E-state index contributed by atoms with van der Waals surface area (Å²) < 4.78 is 9.76. The molecule has 146 valence electrons. The number of carbonyl (C=O) groups excluding carboxylic acids is 3. The number of benzene rings is 2. The van der Waals surface area contributed by atoms with Gasteiger partial charge in [-0.2, -0.15) is 0 Å². The zero-order chi connectivity index (χ0) is 20.6. The maximum atomic E-state index is 12.6. The highest BCUT2D eigenvalue weighted by Gasteiger charge is 2.58. The largest absolute Gasteiger partial charge is 0.468 e. The number of hydrogen-bond donors (Lipinski definition) is 0. The van der Waals surface area contributed by atoms with Crippen molar-refractivity contribution in [3.63, 3.8) is 0 Å². The van der Waals surface area contributed by atoms with Gasteiger partial charge in [-0.15, -0.1) is 0 Å². The lowest BCUT2D eigenvalue weighted by Gasteiger charge is -2.23. The normalized spacial score (nSPS) is 19.5. The number of Topliss-reactive ketones (excluding diaryl/α,β-unsaturated/α-hetero) is 1. The number of esters is 2. The van der Waals surface area contributed by atoms with E-state index in [1.54, 1.807) is 0 Å². The van der Waals surface area contributed by atoms with Crippen molar-refractivity contribution in [2.24, 2.45) is 11.3 Å². The van der Waals surface area contributed by atoms with E-state index in [9.17, 15) is 14.4 Å². The molecule has 2 aromatic carbocycles. The number of hydrogen-bond acceptors (Lipinski definition) is 5. The van der Waals surface area contributed by atoms with Crippen molar-refractivity contribution >= 4 is 28.5 Å². The van der Waals surface area contributed by atoms with Gasteiger partial charge in [-0.3, -0.25) is 14.4 Å². The average molecular weight is 388 g/mol. The number of fused-ring (bicyclic) bond motifs is 2. The molecule has 0 aliphatic heterocycles. The maximum absolute atomic E-state index is 12.6. The highest BCUT2D eigenvalue weighted by atomic mass is 16.5. The van der Waals surface area contributed by atoms with Gasteiger partial charge < -0.3 is 9.47 Å². The van der Waals surface area contributed by atoms with Crippen LogP contribution in [0.1, 0.15) is 24.8 Å². The Bertz CT molecular complexity index is 1110. The van der Waals surface area contributed by atoms with E-state index < -0.39 is 17.4 Å². The molecule has 0 radical (unpaired) electrons. The molecule has 4 rings (SSSR count). The van der Waals surface area contributed by atoms with E-state index in [1.165, 1.54) is 14.2 Å². The lowest BCUT2D eigenvalue weighted by Crippen LogP contribution is -2.39. The van der Waals surface area contributed by atoms with Crippen molar-refractivity contribution in [3.05, 3.63) is 59.2 Å². The smallest absolute Gasteiger partial charge is 0.323 e. The zero-order valence-corrected chi connectivity index (χ0v) is 16.3. The number of carbonyl (C=O) groups is 3. The van der Waals surface area contributed by atoms with Crippen LogP contribution in [0.2, 0.25) is 0 Å². The Morgan fingerprint density at radius 1 is 1.00 bits per heavy atom. The Morgan fingerprint density at radius 3 is 2.41 bits per heavy atom. The van der Waals surface area contributed by atoms with E-state index in [-0.39, 0.29) is 31.0 Å². The van der Waals surface area contributed by atoms with E-state index in [0.29, 0.717) is 5.57 Å². The minimum Gasteiger partial charge on any atom is -0.468 e. The Hall–Kier alpha value is -3.39. The summed E-state index contributed by atoms with van der Waals surface area (Å²) in [7, 11) is 2.50. The molecular weight excluding hydrogens is 368 g/mol. The predicted molar refractivity (Wildman–Crippen MR) is 107 cm³/mol. The molecule has 0 aromatic heterocycles. The molecule has 2 aliphatic rings. The van der Waals surface area contributed by atoms with Gasteiger partial charge in [0.15, 0.2) is 11.2 Å². The van der Waals surface area contributed by atoms with Gasteiger partial charge >= 0.3 is 11.9 Å². The predicted octanol–water partition coefficient (Wildman–Crippen LogP) is 3.20. The van der Waals surface area contributed by atoms with Gasteiger partial charge in [-0.05, 0) is 41.2 Å². The van der Waals surface area contributed by atoms with E-state index in [1.807, 2.05) is 42.5 Å². The van der Waals surface area contributed by atoms with Crippen LogP contribution >= 0.6 is 0 Å². The quantitative estimate of drug-likeness (QED) is 0.449. The van der Waals surface area contributed by atoms with Crippen LogP contribution in [0.4, 0.5) is 0 Å². The van der Waals surface area contributed by atoms with Crippen LogP contribution in [-0.4, -0.2) is 31.9 Å². The third kappa shape index (κ3) is 3.01. The van der Waals surface area contributed by atoms with Gasteiger partial charge in [-0.25, -0.2) is 0 Å². The molecule has 0 heterocycles. The number of ether oxygens (including phenoxy) is 2. The fraction of sp³-hybridized carbons (Fsp3) is 0.292. The highest BCUT2D eigenvalue weighted by molar-refractivity contribution is 6.07. The van der Waals surface area contributed by atoms with Crippen molar-refractivity contribution in [1.82, 2.24) is 0 Å². The van der Waals surface area contributed by atoms with Crippen molar-refractivity contribution in [2.45, 2.75) is 19.3 Å². The monoisotopic (exact) mass is 388 g/mol. The van der Waals surface area contributed by atoms with Gasteiger partial charge in [0, 0.05) is 12.0 Å². The molecule has 0 spiro atoms. The molecule has 0 saturated heterocycles. The third-order valence-corrected chi connectivity index (χ3v) is 5.88. The second-order valence-electron chi connectivity index (χ2n) is 7.45. The number of allylic oxidation sites excluding steroid dienone is 2. The molecular formula is C24H20O5. The Balaban J connectivity index is 1.76. The molecule has 5 heteroatoms. The summed E-state index contributed by atoms with van der Waals surface area (Å²) in [4.78, 5) is 37.4. The van der Waals surface area contributed by atoms with E-state index in [2.05, 4.69) is 11.8 Å².